The second-order valence-electron chi connectivity index (χ2n) is 6.16. The van der Waals surface area contributed by atoms with E-state index in [1.54, 1.807) is 6.20 Å². The molecule has 142 valence electrons. The van der Waals surface area contributed by atoms with Crippen LogP contribution in [0.5, 0.6) is 0 Å². The van der Waals surface area contributed by atoms with Crippen molar-refractivity contribution in [2.45, 2.75) is 32.4 Å². The molecule has 1 aliphatic heterocycles. The smallest absolute Gasteiger partial charge is 0.193 e. The zero-order chi connectivity index (χ0) is 17.5. The Hall–Kier alpha value is -1.61. The fourth-order valence-electron chi connectivity index (χ4n) is 3.21. The van der Waals surface area contributed by atoms with Gasteiger partial charge in [0.05, 0.1) is 11.8 Å². The molecule has 2 aromatic rings. The molecule has 1 aromatic heterocycles. The molecule has 3 rings (SSSR count). The van der Waals surface area contributed by atoms with Crippen molar-refractivity contribution in [1.29, 1.82) is 0 Å². The number of hydrogen-bond acceptors (Lipinski definition) is 3. The topological polar surface area (TPSA) is 54.7 Å². The normalized spacial score (nSPS) is 15.6. The standard InChI is InChI=1S/C19H27N5O.HI/c1-3-25-18-8-12-23(13-9-18)19(20-2)21-15-16-6-4-7-17(14-16)24-11-5-10-22-24;/h4-7,10-11,14,18H,3,8-9,12-13,15H2,1-2H3,(H,20,21);1H. The van der Waals surface area contributed by atoms with Gasteiger partial charge in [-0.3, -0.25) is 4.99 Å². The molecular formula is C19H28IN5O. The van der Waals surface area contributed by atoms with Crippen LogP contribution in [-0.4, -0.2) is 53.5 Å². The predicted molar refractivity (Wildman–Crippen MR) is 115 cm³/mol. The first-order valence-electron chi connectivity index (χ1n) is 8.96. The summed E-state index contributed by atoms with van der Waals surface area (Å²) in [5.74, 6) is 0.958. The van der Waals surface area contributed by atoms with E-state index < -0.39 is 0 Å². The monoisotopic (exact) mass is 469 g/mol. The first-order chi connectivity index (χ1) is 12.3. The zero-order valence-electron chi connectivity index (χ0n) is 15.5. The third kappa shape index (κ3) is 5.44. The molecule has 0 spiro atoms. The van der Waals surface area contributed by atoms with Gasteiger partial charge in [0.2, 0.25) is 0 Å². The molecule has 6 nitrogen and oxygen atoms in total. The van der Waals surface area contributed by atoms with E-state index >= 15 is 0 Å². The summed E-state index contributed by atoms with van der Waals surface area (Å²) in [6.45, 7) is 5.57. The van der Waals surface area contributed by atoms with Gasteiger partial charge in [0.1, 0.15) is 0 Å². The predicted octanol–water partition coefficient (Wildman–Crippen LogP) is 3.07. The van der Waals surface area contributed by atoms with E-state index in [9.17, 15) is 0 Å². The number of benzene rings is 1. The van der Waals surface area contributed by atoms with E-state index in [4.69, 9.17) is 4.74 Å². The lowest BCUT2D eigenvalue weighted by Gasteiger charge is -2.34. The first kappa shape index (κ1) is 20.7. The lowest BCUT2D eigenvalue weighted by Crippen LogP contribution is -2.46. The Morgan fingerprint density at radius 2 is 2.12 bits per heavy atom. The van der Waals surface area contributed by atoms with Gasteiger partial charge in [0, 0.05) is 45.7 Å². The quantitative estimate of drug-likeness (QED) is 0.416. The summed E-state index contributed by atoms with van der Waals surface area (Å²) in [6, 6.07) is 10.3. The van der Waals surface area contributed by atoms with E-state index in [-0.39, 0.29) is 24.0 Å². The lowest BCUT2D eigenvalue weighted by molar-refractivity contribution is 0.0263. The van der Waals surface area contributed by atoms with Crippen LogP contribution in [0.3, 0.4) is 0 Å². The molecular weight excluding hydrogens is 441 g/mol. The van der Waals surface area contributed by atoms with Crippen molar-refractivity contribution < 1.29 is 4.74 Å². The highest BCUT2D eigenvalue weighted by atomic mass is 127. The van der Waals surface area contributed by atoms with Crippen molar-refractivity contribution in [3.05, 3.63) is 48.3 Å². The number of ether oxygens (including phenoxy) is 1. The molecule has 1 aromatic carbocycles. The molecule has 1 N–H and O–H groups in total. The molecule has 0 amide bonds. The van der Waals surface area contributed by atoms with Gasteiger partial charge in [-0.05, 0) is 43.5 Å². The maximum absolute atomic E-state index is 5.73. The molecule has 0 saturated carbocycles. The van der Waals surface area contributed by atoms with Crippen molar-refractivity contribution in [3.63, 3.8) is 0 Å². The van der Waals surface area contributed by atoms with Crippen LogP contribution < -0.4 is 5.32 Å². The van der Waals surface area contributed by atoms with E-state index in [2.05, 4.69) is 51.5 Å². The van der Waals surface area contributed by atoms with Gasteiger partial charge in [-0.15, -0.1) is 24.0 Å². The maximum atomic E-state index is 5.73. The Balaban J connectivity index is 0.00000243. The number of halogens is 1. The Morgan fingerprint density at radius 3 is 2.77 bits per heavy atom. The summed E-state index contributed by atoms with van der Waals surface area (Å²) in [5, 5.41) is 7.77. The van der Waals surface area contributed by atoms with Crippen molar-refractivity contribution >= 4 is 29.9 Å². The van der Waals surface area contributed by atoms with Crippen molar-refractivity contribution in [2.24, 2.45) is 4.99 Å². The molecule has 0 aliphatic carbocycles. The zero-order valence-corrected chi connectivity index (χ0v) is 17.8. The lowest BCUT2D eigenvalue weighted by atomic mass is 10.1. The van der Waals surface area contributed by atoms with Crippen LogP contribution in [0.25, 0.3) is 5.69 Å². The number of rotatable bonds is 5. The Bertz CT molecular complexity index is 681. The number of hydrogen-bond donors (Lipinski definition) is 1. The molecule has 0 unspecified atom stereocenters. The summed E-state index contributed by atoms with van der Waals surface area (Å²) < 4.78 is 7.60. The number of likely N-dealkylation sites (tertiary alicyclic amines) is 1. The van der Waals surface area contributed by atoms with Crippen LogP contribution in [-0.2, 0) is 11.3 Å². The number of nitrogens with one attached hydrogen (secondary N) is 1. The summed E-state index contributed by atoms with van der Waals surface area (Å²) >= 11 is 0. The van der Waals surface area contributed by atoms with Crippen LogP contribution in [0.4, 0.5) is 0 Å². The van der Waals surface area contributed by atoms with E-state index in [1.807, 2.05) is 24.0 Å². The van der Waals surface area contributed by atoms with Crippen molar-refractivity contribution in [3.8, 4) is 5.69 Å². The second kappa shape index (κ2) is 10.5. The molecule has 0 radical (unpaired) electrons. The third-order valence-electron chi connectivity index (χ3n) is 4.49. The van der Waals surface area contributed by atoms with Gasteiger partial charge in [0.15, 0.2) is 5.96 Å². The third-order valence-corrected chi connectivity index (χ3v) is 4.49. The molecule has 1 saturated heterocycles. The van der Waals surface area contributed by atoms with Crippen LogP contribution in [0.15, 0.2) is 47.7 Å². The van der Waals surface area contributed by atoms with E-state index in [1.165, 1.54) is 5.56 Å². The van der Waals surface area contributed by atoms with Crippen LogP contribution >= 0.6 is 24.0 Å². The fraction of sp³-hybridized carbons (Fsp3) is 0.474. The summed E-state index contributed by atoms with van der Waals surface area (Å²) in [4.78, 5) is 6.76. The number of guanidine groups is 1. The average molecular weight is 469 g/mol. The largest absolute Gasteiger partial charge is 0.378 e. The molecule has 1 fully saturated rings. The maximum Gasteiger partial charge on any atom is 0.193 e. The molecule has 7 heteroatoms. The number of aliphatic imine (C=N–C) groups is 1. The van der Waals surface area contributed by atoms with Crippen LogP contribution in [0.2, 0.25) is 0 Å². The summed E-state index contributed by atoms with van der Waals surface area (Å²) in [5.41, 5.74) is 2.27. The second-order valence-corrected chi connectivity index (χ2v) is 6.16. The van der Waals surface area contributed by atoms with E-state index in [0.29, 0.717) is 6.10 Å². The molecule has 0 bridgehead atoms. The van der Waals surface area contributed by atoms with Gasteiger partial charge < -0.3 is 15.0 Å². The molecule has 0 atom stereocenters. The highest BCUT2D eigenvalue weighted by Crippen LogP contribution is 2.14. The van der Waals surface area contributed by atoms with Gasteiger partial charge in [-0.2, -0.15) is 5.10 Å². The Kier molecular flexibility index (Phi) is 8.37. The van der Waals surface area contributed by atoms with Crippen molar-refractivity contribution in [2.75, 3.05) is 26.7 Å². The van der Waals surface area contributed by atoms with Crippen molar-refractivity contribution in [1.82, 2.24) is 20.0 Å². The minimum Gasteiger partial charge on any atom is -0.378 e. The number of nitrogens with zero attached hydrogens (tertiary/aromatic N) is 4. The number of aromatic nitrogens is 2. The average Bonchev–Trinajstić information content (AvgIpc) is 3.19. The van der Waals surface area contributed by atoms with Gasteiger partial charge in [0.25, 0.3) is 0 Å². The highest BCUT2D eigenvalue weighted by Gasteiger charge is 2.21. The van der Waals surface area contributed by atoms with Crippen LogP contribution in [0.1, 0.15) is 25.3 Å². The van der Waals surface area contributed by atoms with Crippen LogP contribution in [0, 0.1) is 0 Å². The SMILES string of the molecule is CCOC1CCN(C(=NC)NCc2cccc(-n3cccn3)c2)CC1.I. The fourth-order valence-corrected chi connectivity index (χ4v) is 3.21. The molecule has 2 heterocycles. The van der Waals surface area contributed by atoms with Gasteiger partial charge >= 0.3 is 0 Å². The molecule has 26 heavy (non-hydrogen) atoms. The van der Waals surface area contributed by atoms with Gasteiger partial charge in [-0.25, -0.2) is 4.68 Å². The van der Waals surface area contributed by atoms with E-state index in [0.717, 1.165) is 50.7 Å². The summed E-state index contributed by atoms with van der Waals surface area (Å²) in [6.07, 6.45) is 6.25. The first-order valence-corrected chi connectivity index (χ1v) is 8.96. The Morgan fingerprint density at radius 1 is 1.31 bits per heavy atom. The van der Waals surface area contributed by atoms with Gasteiger partial charge in [-0.1, -0.05) is 12.1 Å². The highest BCUT2D eigenvalue weighted by molar-refractivity contribution is 14.0. The summed E-state index contributed by atoms with van der Waals surface area (Å²) in [7, 11) is 1.84. The minimum absolute atomic E-state index is 0. The Labute approximate surface area is 172 Å². The number of piperidine rings is 1. The minimum atomic E-state index is 0. The molecule has 1 aliphatic rings.